The lowest BCUT2D eigenvalue weighted by Gasteiger charge is -2.28. The zero-order valence-electron chi connectivity index (χ0n) is 8.69. The standard InChI is InChI=1S/C10H15N3OS/c1-10(6-13-3-2-11-12-13)5-7-8(14)4-9(7)15-10/h2-3,7,9,11-12H,4-6H2,1H3/t7?,9?,10-/m1/s1. The summed E-state index contributed by atoms with van der Waals surface area (Å²) >= 11 is 1.99. The highest BCUT2D eigenvalue weighted by atomic mass is 32.2. The van der Waals surface area contributed by atoms with E-state index in [9.17, 15) is 4.79 Å². The number of nitrogens with one attached hydrogen (secondary N) is 2. The third-order valence-electron chi connectivity index (χ3n) is 3.40. The molecule has 0 aromatic rings. The number of hydrogen-bond donors (Lipinski definition) is 2. The number of ketones is 1. The van der Waals surface area contributed by atoms with Crippen LogP contribution in [0.1, 0.15) is 19.8 Å². The number of nitrogens with zero attached hydrogens (tertiary/aromatic N) is 1. The van der Waals surface area contributed by atoms with Gasteiger partial charge in [0.05, 0.1) is 6.54 Å². The maximum Gasteiger partial charge on any atom is 0.138 e. The second-order valence-corrected chi connectivity index (χ2v) is 6.61. The van der Waals surface area contributed by atoms with Crippen molar-refractivity contribution in [2.24, 2.45) is 5.92 Å². The minimum absolute atomic E-state index is 0.213. The highest BCUT2D eigenvalue weighted by Crippen LogP contribution is 2.54. The molecule has 3 atom stereocenters. The van der Waals surface area contributed by atoms with Crippen LogP contribution in [-0.4, -0.2) is 27.3 Å². The van der Waals surface area contributed by atoms with Crippen molar-refractivity contribution in [1.82, 2.24) is 16.0 Å². The predicted molar refractivity (Wildman–Crippen MR) is 59.6 cm³/mol. The molecule has 2 aliphatic heterocycles. The molecule has 3 rings (SSSR count). The predicted octanol–water partition coefficient (Wildman–Crippen LogP) is 0.636. The van der Waals surface area contributed by atoms with E-state index in [1.54, 1.807) is 0 Å². The molecule has 2 unspecified atom stereocenters. The smallest absolute Gasteiger partial charge is 0.138 e. The Morgan fingerprint density at radius 2 is 2.60 bits per heavy atom. The largest absolute Gasteiger partial charge is 0.310 e. The molecule has 2 heterocycles. The summed E-state index contributed by atoms with van der Waals surface area (Å²) < 4.78 is 0.213. The lowest BCUT2D eigenvalue weighted by atomic mass is 9.78. The first-order chi connectivity index (χ1) is 7.16. The molecule has 0 amide bonds. The Morgan fingerprint density at radius 3 is 3.20 bits per heavy atom. The molecule has 1 aliphatic carbocycles. The summed E-state index contributed by atoms with van der Waals surface area (Å²) in [7, 11) is 0. The number of carbonyl (C=O) groups excluding carboxylic acids is 1. The van der Waals surface area contributed by atoms with Gasteiger partial charge in [-0.2, -0.15) is 0 Å². The van der Waals surface area contributed by atoms with Gasteiger partial charge in [0.15, 0.2) is 0 Å². The van der Waals surface area contributed by atoms with Gasteiger partial charge >= 0.3 is 0 Å². The van der Waals surface area contributed by atoms with Crippen LogP contribution in [0.5, 0.6) is 0 Å². The first-order valence-corrected chi connectivity index (χ1v) is 6.19. The van der Waals surface area contributed by atoms with Crippen LogP contribution in [0.4, 0.5) is 0 Å². The van der Waals surface area contributed by atoms with Crippen LogP contribution in [0.3, 0.4) is 0 Å². The van der Waals surface area contributed by atoms with Gasteiger partial charge in [0, 0.05) is 34.7 Å². The lowest BCUT2D eigenvalue weighted by Crippen LogP contribution is -2.43. The quantitative estimate of drug-likeness (QED) is 0.722. The highest BCUT2D eigenvalue weighted by molar-refractivity contribution is 8.01. The average Bonchev–Trinajstić information content (AvgIpc) is 2.74. The normalized spacial score (nSPS) is 42.7. The summed E-state index contributed by atoms with van der Waals surface area (Å²) in [6.07, 6.45) is 5.70. The maximum atomic E-state index is 11.4. The summed E-state index contributed by atoms with van der Waals surface area (Å²) in [5.41, 5.74) is 5.97. The molecule has 0 aromatic heterocycles. The van der Waals surface area contributed by atoms with Gasteiger partial charge in [-0.1, -0.05) is 0 Å². The van der Waals surface area contributed by atoms with Crippen molar-refractivity contribution < 1.29 is 4.79 Å². The molecule has 5 heteroatoms. The van der Waals surface area contributed by atoms with Gasteiger partial charge in [-0.15, -0.1) is 17.3 Å². The molecule has 1 saturated carbocycles. The Kier molecular flexibility index (Phi) is 2.01. The number of Topliss-reactive ketones (excluding diaryl/α,β-unsaturated/α-hetero) is 1. The minimum Gasteiger partial charge on any atom is -0.310 e. The lowest BCUT2D eigenvalue weighted by molar-refractivity contribution is -0.128. The second kappa shape index (κ2) is 3.15. The summed E-state index contributed by atoms with van der Waals surface area (Å²) in [5.74, 6) is 0.818. The maximum absolute atomic E-state index is 11.4. The molecule has 4 nitrogen and oxygen atoms in total. The van der Waals surface area contributed by atoms with Crippen LogP contribution in [0.25, 0.3) is 0 Å². The van der Waals surface area contributed by atoms with Crippen LogP contribution in [0.15, 0.2) is 12.4 Å². The molecule has 0 radical (unpaired) electrons. The summed E-state index contributed by atoms with van der Waals surface area (Å²) in [4.78, 5) is 11.4. The Balaban J connectivity index is 1.65. The van der Waals surface area contributed by atoms with Gasteiger partial charge in [-0.05, 0) is 13.3 Å². The van der Waals surface area contributed by atoms with Crippen molar-refractivity contribution in [3.8, 4) is 0 Å². The van der Waals surface area contributed by atoms with Crippen molar-refractivity contribution in [3.63, 3.8) is 0 Å². The first kappa shape index (κ1) is 9.54. The van der Waals surface area contributed by atoms with Gasteiger partial charge < -0.3 is 5.43 Å². The molecule has 1 saturated heterocycles. The van der Waals surface area contributed by atoms with Crippen molar-refractivity contribution in [3.05, 3.63) is 12.4 Å². The van der Waals surface area contributed by atoms with Crippen LogP contribution in [0.2, 0.25) is 0 Å². The van der Waals surface area contributed by atoms with E-state index >= 15 is 0 Å². The van der Waals surface area contributed by atoms with Gasteiger partial charge in [0.2, 0.25) is 0 Å². The molecule has 0 bridgehead atoms. The third-order valence-corrected chi connectivity index (χ3v) is 5.07. The fourth-order valence-electron chi connectivity index (χ4n) is 2.63. The van der Waals surface area contributed by atoms with Crippen LogP contribution < -0.4 is 11.0 Å². The molecule has 2 fully saturated rings. The van der Waals surface area contributed by atoms with Gasteiger partial charge in [0.1, 0.15) is 5.78 Å². The van der Waals surface area contributed by atoms with E-state index in [0.717, 1.165) is 19.4 Å². The Hall–Kier alpha value is -0.680. The van der Waals surface area contributed by atoms with Crippen molar-refractivity contribution >= 4 is 17.5 Å². The number of hydrogen-bond acceptors (Lipinski definition) is 5. The van der Waals surface area contributed by atoms with E-state index in [1.807, 2.05) is 29.2 Å². The number of rotatable bonds is 2. The summed E-state index contributed by atoms with van der Waals surface area (Å²) in [6.45, 7) is 3.21. The number of fused-ring (bicyclic) bond motifs is 1. The zero-order valence-corrected chi connectivity index (χ0v) is 9.51. The van der Waals surface area contributed by atoms with Gasteiger partial charge in [0.25, 0.3) is 0 Å². The van der Waals surface area contributed by atoms with Crippen molar-refractivity contribution in [2.75, 3.05) is 6.54 Å². The number of carbonyl (C=O) groups is 1. The fourth-order valence-corrected chi connectivity index (χ4v) is 4.51. The summed E-state index contributed by atoms with van der Waals surface area (Å²) in [5, 5.41) is 2.64. The van der Waals surface area contributed by atoms with Crippen LogP contribution in [-0.2, 0) is 4.79 Å². The average molecular weight is 225 g/mol. The van der Waals surface area contributed by atoms with Crippen LogP contribution >= 0.6 is 11.8 Å². The number of thioether (sulfide) groups is 1. The Morgan fingerprint density at radius 1 is 1.73 bits per heavy atom. The molecular weight excluding hydrogens is 210 g/mol. The second-order valence-electron chi connectivity index (χ2n) is 4.79. The monoisotopic (exact) mass is 225 g/mol. The first-order valence-electron chi connectivity index (χ1n) is 5.31. The zero-order chi connectivity index (χ0) is 10.5. The van der Waals surface area contributed by atoms with Gasteiger partial charge in [-0.25, -0.2) is 0 Å². The van der Waals surface area contributed by atoms with Crippen molar-refractivity contribution in [2.45, 2.75) is 29.8 Å². The van der Waals surface area contributed by atoms with E-state index in [2.05, 4.69) is 17.9 Å². The molecule has 82 valence electrons. The molecular formula is C10H15N3OS. The van der Waals surface area contributed by atoms with E-state index in [1.165, 1.54) is 0 Å². The Labute approximate surface area is 93.4 Å². The van der Waals surface area contributed by atoms with Crippen LogP contribution in [0, 0.1) is 5.92 Å². The molecule has 3 aliphatic rings. The minimum atomic E-state index is 0.213. The van der Waals surface area contributed by atoms with Crippen molar-refractivity contribution in [1.29, 1.82) is 0 Å². The SMILES string of the molecule is C[C@]1(CN2C=CNN2)CC2C(=O)CC2S1. The fraction of sp³-hybridized carbons (Fsp3) is 0.700. The molecule has 0 spiro atoms. The Bertz CT molecular complexity index is 333. The van der Waals surface area contributed by atoms with E-state index in [-0.39, 0.29) is 4.75 Å². The topological polar surface area (TPSA) is 44.4 Å². The van der Waals surface area contributed by atoms with E-state index in [4.69, 9.17) is 0 Å². The van der Waals surface area contributed by atoms with E-state index in [0.29, 0.717) is 17.0 Å². The molecule has 15 heavy (non-hydrogen) atoms. The number of hydrazine groups is 2. The third kappa shape index (κ3) is 1.54. The highest BCUT2D eigenvalue weighted by Gasteiger charge is 2.53. The van der Waals surface area contributed by atoms with Gasteiger partial charge in [-0.3, -0.25) is 9.80 Å². The summed E-state index contributed by atoms with van der Waals surface area (Å²) in [6, 6.07) is 0. The molecule has 2 N–H and O–H groups in total. The van der Waals surface area contributed by atoms with E-state index < -0.39 is 0 Å². The molecule has 0 aromatic carbocycles.